The van der Waals surface area contributed by atoms with Crippen LogP contribution in [0.1, 0.15) is 6.92 Å². The van der Waals surface area contributed by atoms with E-state index in [1.807, 2.05) is 14.0 Å². The number of rotatable bonds is 7. The quantitative estimate of drug-likeness (QED) is 0.467. The van der Waals surface area contributed by atoms with Crippen LogP contribution in [0.5, 0.6) is 0 Å². The number of hydrogen-bond acceptors (Lipinski definition) is 3. The van der Waals surface area contributed by atoms with Gasteiger partial charge in [0.15, 0.2) is 0 Å². The third-order valence-electron chi connectivity index (χ3n) is 1.82. The van der Waals surface area contributed by atoms with Gasteiger partial charge in [0.25, 0.3) is 0 Å². The normalized spacial score (nSPS) is 10.6. The summed E-state index contributed by atoms with van der Waals surface area (Å²) in [6.07, 6.45) is 10.1. The number of hydrogen-bond donors (Lipinski definition) is 1. The first-order valence-corrected chi connectivity index (χ1v) is 4.40. The van der Waals surface area contributed by atoms with Crippen molar-refractivity contribution < 1.29 is 9.47 Å². The molecular formula is C11H17NO2. The van der Waals surface area contributed by atoms with Gasteiger partial charge in [-0.2, -0.15) is 0 Å². The van der Waals surface area contributed by atoms with E-state index in [1.165, 1.54) is 0 Å². The van der Waals surface area contributed by atoms with Crippen LogP contribution in [0, 0.1) is 24.7 Å². The Balaban J connectivity index is 3.81. The van der Waals surface area contributed by atoms with Crippen LogP contribution in [0.25, 0.3) is 0 Å². The first kappa shape index (κ1) is 13.0. The van der Waals surface area contributed by atoms with Crippen LogP contribution < -0.4 is 5.32 Å². The molecule has 0 heterocycles. The van der Waals surface area contributed by atoms with Crippen LogP contribution in [0.15, 0.2) is 0 Å². The largest absolute Gasteiger partial charge is 0.367 e. The highest BCUT2D eigenvalue weighted by molar-refractivity contribution is 4.87. The summed E-state index contributed by atoms with van der Waals surface area (Å²) in [6, 6.07) is 0. The van der Waals surface area contributed by atoms with Gasteiger partial charge in [0.2, 0.25) is 0 Å². The van der Waals surface area contributed by atoms with Crippen LogP contribution in [0.4, 0.5) is 0 Å². The van der Waals surface area contributed by atoms with Crippen molar-refractivity contribution in [1.29, 1.82) is 0 Å². The van der Waals surface area contributed by atoms with Gasteiger partial charge in [-0.3, -0.25) is 0 Å². The maximum Gasteiger partial charge on any atom is 0.107 e. The number of nitrogens with one attached hydrogen (secondary N) is 1. The zero-order valence-corrected chi connectivity index (χ0v) is 8.80. The molecule has 0 fully saturated rings. The topological polar surface area (TPSA) is 30.5 Å². The van der Waals surface area contributed by atoms with Crippen LogP contribution in [0.2, 0.25) is 0 Å². The van der Waals surface area contributed by atoms with E-state index in [0.717, 1.165) is 0 Å². The summed E-state index contributed by atoms with van der Waals surface area (Å²) < 4.78 is 10.5. The van der Waals surface area contributed by atoms with E-state index in [1.54, 1.807) is 0 Å². The molecule has 0 aromatic rings. The van der Waals surface area contributed by atoms with Crippen LogP contribution in [-0.4, -0.2) is 39.0 Å². The van der Waals surface area contributed by atoms with E-state index in [9.17, 15) is 0 Å². The Hall–Kier alpha value is -1.00. The van der Waals surface area contributed by atoms with Crippen molar-refractivity contribution in [3.8, 4) is 24.7 Å². The Morgan fingerprint density at radius 2 is 1.57 bits per heavy atom. The molecule has 0 aliphatic rings. The smallest absolute Gasteiger partial charge is 0.107 e. The minimum atomic E-state index is -0.242. The van der Waals surface area contributed by atoms with Crippen molar-refractivity contribution in [2.75, 3.05) is 33.5 Å². The molecule has 78 valence electrons. The zero-order valence-electron chi connectivity index (χ0n) is 8.80. The lowest BCUT2D eigenvalue weighted by atomic mass is 10.1. The minimum absolute atomic E-state index is 0.242. The van der Waals surface area contributed by atoms with Crippen molar-refractivity contribution in [3.05, 3.63) is 0 Å². The van der Waals surface area contributed by atoms with E-state index in [4.69, 9.17) is 22.3 Å². The van der Waals surface area contributed by atoms with Gasteiger partial charge in [-0.15, -0.1) is 12.8 Å². The van der Waals surface area contributed by atoms with Crippen molar-refractivity contribution in [3.63, 3.8) is 0 Å². The standard InChI is InChI=1S/C11H17NO2/c1-5-7-13-9-11(3,12-4)10-14-8-6-2/h1-2,12H,7-10H2,3-4H3. The van der Waals surface area contributed by atoms with Gasteiger partial charge in [0.05, 0.1) is 18.8 Å². The third kappa shape index (κ3) is 5.61. The molecule has 3 nitrogen and oxygen atoms in total. The van der Waals surface area contributed by atoms with Crippen LogP contribution in [0.3, 0.4) is 0 Å². The van der Waals surface area contributed by atoms with Crippen LogP contribution >= 0.6 is 0 Å². The minimum Gasteiger partial charge on any atom is -0.367 e. The van der Waals surface area contributed by atoms with Crippen LogP contribution in [-0.2, 0) is 9.47 Å². The van der Waals surface area contributed by atoms with E-state index in [0.29, 0.717) is 26.4 Å². The predicted octanol–water partition coefficient (Wildman–Crippen LogP) is 0.264. The molecule has 1 N–H and O–H groups in total. The maximum atomic E-state index is 5.24. The Morgan fingerprint density at radius 3 is 1.86 bits per heavy atom. The molecule has 0 atom stereocenters. The molecule has 0 bridgehead atoms. The Labute approximate surface area is 86.2 Å². The summed E-state index contributed by atoms with van der Waals surface area (Å²) in [5, 5.41) is 3.11. The molecule has 3 heteroatoms. The number of terminal acetylenes is 2. The summed E-state index contributed by atoms with van der Waals surface area (Å²) >= 11 is 0. The van der Waals surface area contributed by atoms with E-state index in [2.05, 4.69) is 17.2 Å². The Kier molecular flexibility index (Phi) is 6.88. The Bertz CT molecular complexity index is 204. The van der Waals surface area contributed by atoms with Crippen molar-refractivity contribution in [2.45, 2.75) is 12.5 Å². The lowest BCUT2D eigenvalue weighted by Gasteiger charge is -2.27. The second-order valence-electron chi connectivity index (χ2n) is 3.20. The Morgan fingerprint density at radius 1 is 1.14 bits per heavy atom. The highest BCUT2D eigenvalue weighted by Gasteiger charge is 2.22. The molecule has 0 unspecified atom stereocenters. The van der Waals surface area contributed by atoms with Gasteiger partial charge in [-0.1, -0.05) is 11.8 Å². The van der Waals surface area contributed by atoms with Gasteiger partial charge in [-0.25, -0.2) is 0 Å². The molecule has 0 radical (unpaired) electrons. The van der Waals surface area contributed by atoms with E-state index < -0.39 is 0 Å². The van der Waals surface area contributed by atoms with E-state index >= 15 is 0 Å². The maximum absolute atomic E-state index is 5.24. The summed E-state index contributed by atoms with van der Waals surface area (Å²) in [4.78, 5) is 0. The third-order valence-corrected chi connectivity index (χ3v) is 1.82. The van der Waals surface area contributed by atoms with Gasteiger partial charge in [0.1, 0.15) is 13.2 Å². The highest BCUT2D eigenvalue weighted by atomic mass is 16.5. The van der Waals surface area contributed by atoms with Crippen molar-refractivity contribution in [1.82, 2.24) is 5.32 Å². The van der Waals surface area contributed by atoms with Gasteiger partial charge < -0.3 is 14.8 Å². The van der Waals surface area contributed by atoms with Crippen molar-refractivity contribution in [2.24, 2.45) is 0 Å². The predicted molar refractivity (Wildman–Crippen MR) is 56.8 cm³/mol. The highest BCUT2D eigenvalue weighted by Crippen LogP contribution is 2.04. The number of likely N-dealkylation sites (N-methyl/N-ethyl adjacent to an activating group) is 1. The lowest BCUT2D eigenvalue weighted by molar-refractivity contribution is 0.0363. The molecule has 0 saturated heterocycles. The molecule has 0 aromatic carbocycles. The average Bonchev–Trinajstić information content (AvgIpc) is 2.19. The molecular weight excluding hydrogens is 178 g/mol. The molecule has 0 spiro atoms. The van der Waals surface area contributed by atoms with Crippen molar-refractivity contribution >= 4 is 0 Å². The molecule has 0 aliphatic carbocycles. The summed E-state index contributed by atoms with van der Waals surface area (Å²) in [5.74, 6) is 4.82. The zero-order chi connectivity index (χ0) is 10.9. The molecule has 0 amide bonds. The molecule has 0 aliphatic heterocycles. The summed E-state index contributed by atoms with van der Waals surface area (Å²) in [6.45, 7) is 3.61. The fraction of sp³-hybridized carbons (Fsp3) is 0.636. The summed E-state index contributed by atoms with van der Waals surface area (Å²) in [7, 11) is 1.85. The molecule has 14 heavy (non-hydrogen) atoms. The van der Waals surface area contributed by atoms with Gasteiger partial charge >= 0.3 is 0 Å². The fourth-order valence-electron chi connectivity index (χ4n) is 0.856. The first-order chi connectivity index (χ1) is 6.68. The SMILES string of the molecule is C#CCOCC(C)(COCC#C)NC. The summed E-state index contributed by atoms with van der Waals surface area (Å²) in [5.41, 5.74) is -0.242. The van der Waals surface area contributed by atoms with Gasteiger partial charge in [0, 0.05) is 0 Å². The number of ether oxygens (including phenoxy) is 2. The second-order valence-corrected chi connectivity index (χ2v) is 3.20. The second kappa shape index (κ2) is 7.41. The molecule has 0 saturated carbocycles. The monoisotopic (exact) mass is 195 g/mol. The first-order valence-electron chi connectivity index (χ1n) is 4.40. The van der Waals surface area contributed by atoms with E-state index in [-0.39, 0.29) is 5.54 Å². The molecule has 0 rings (SSSR count). The lowest BCUT2D eigenvalue weighted by Crippen LogP contribution is -2.48. The molecule has 0 aromatic heterocycles. The average molecular weight is 195 g/mol. The van der Waals surface area contributed by atoms with Gasteiger partial charge in [-0.05, 0) is 14.0 Å². The fourth-order valence-corrected chi connectivity index (χ4v) is 0.856.